The van der Waals surface area contributed by atoms with Gasteiger partial charge in [0.15, 0.2) is 0 Å². The molecule has 3 unspecified atom stereocenters. The smallest absolute Gasteiger partial charge is 0.425 e. The minimum absolute atomic E-state index is 0.0733. The van der Waals surface area contributed by atoms with Crippen LogP contribution in [0.5, 0.6) is 0 Å². The summed E-state index contributed by atoms with van der Waals surface area (Å²) in [5.74, 6) is -4.33. The van der Waals surface area contributed by atoms with Gasteiger partial charge in [0.1, 0.15) is 6.04 Å². The van der Waals surface area contributed by atoms with Crippen molar-refractivity contribution in [1.82, 2.24) is 9.80 Å². The summed E-state index contributed by atoms with van der Waals surface area (Å²) in [5, 5.41) is 9.38. The Morgan fingerprint density at radius 1 is 1.03 bits per heavy atom. The maximum Gasteiger partial charge on any atom is 0.491 e. The van der Waals surface area contributed by atoms with Crippen LogP contribution in [0.25, 0.3) is 0 Å². The molecule has 3 saturated heterocycles. The number of fused-ring (bicyclic) bond motifs is 2. The van der Waals surface area contributed by atoms with Gasteiger partial charge in [0.25, 0.3) is 5.91 Å². The third kappa shape index (κ3) is 5.42. The molecule has 2 N–H and O–H groups in total. The van der Waals surface area contributed by atoms with Crippen molar-refractivity contribution in [2.24, 2.45) is 11.7 Å². The predicted octanol–water partition coefficient (Wildman–Crippen LogP) is 3.27. The van der Waals surface area contributed by atoms with E-state index >= 15 is 0 Å². The molecule has 38 heavy (non-hydrogen) atoms. The van der Waals surface area contributed by atoms with E-state index in [0.717, 1.165) is 29.2 Å². The van der Waals surface area contributed by atoms with E-state index in [4.69, 9.17) is 5.73 Å². The molecular weight excluding hydrogens is 542 g/mol. The number of hydrogen-bond acceptors (Lipinski definition) is 7. The molecule has 1 aromatic carbocycles. The highest BCUT2D eigenvalue weighted by atomic mass is 32.2. The summed E-state index contributed by atoms with van der Waals surface area (Å²) in [7, 11) is 0. The number of benzene rings is 1. The second-order valence-corrected chi connectivity index (χ2v) is 10.4. The van der Waals surface area contributed by atoms with Crippen LogP contribution < -0.4 is 5.73 Å². The van der Waals surface area contributed by atoms with Gasteiger partial charge in [-0.25, -0.2) is 4.79 Å². The van der Waals surface area contributed by atoms with Crippen LogP contribution >= 0.6 is 11.8 Å². The molecule has 8 nitrogen and oxygen atoms in total. The van der Waals surface area contributed by atoms with Crippen LogP contribution in [0.4, 0.5) is 26.3 Å². The summed E-state index contributed by atoms with van der Waals surface area (Å²) in [6.07, 6.45) is -8.10. The van der Waals surface area contributed by atoms with Crippen LogP contribution in [-0.4, -0.2) is 69.2 Å². The fraction of sp³-hybridized carbons (Fsp3) is 0.565. The number of thioether (sulfide) groups is 1. The van der Waals surface area contributed by atoms with E-state index < -0.39 is 59.3 Å². The molecule has 0 radical (unpaired) electrons. The summed E-state index contributed by atoms with van der Waals surface area (Å²) in [4.78, 5) is 40.0. The summed E-state index contributed by atoms with van der Waals surface area (Å²) in [6, 6.07) is 2.63. The van der Waals surface area contributed by atoms with E-state index in [1.54, 1.807) is 4.90 Å². The van der Waals surface area contributed by atoms with Crippen molar-refractivity contribution in [3.63, 3.8) is 0 Å². The molecule has 2 bridgehead atoms. The van der Waals surface area contributed by atoms with Gasteiger partial charge in [-0.15, -0.1) is 0 Å². The molecule has 0 aliphatic carbocycles. The second-order valence-electron chi connectivity index (χ2n) is 9.36. The molecule has 3 aliphatic heterocycles. The fourth-order valence-corrected chi connectivity index (χ4v) is 6.40. The molecule has 1 aromatic rings. The van der Waals surface area contributed by atoms with Gasteiger partial charge < -0.3 is 15.4 Å². The molecule has 3 aliphatic rings. The molecule has 15 heteroatoms. The average molecular weight is 565 g/mol. The number of carbonyl (C=O) groups excluding carboxylic acids is 3. The third-order valence-electron chi connectivity index (χ3n) is 7.06. The first-order valence-corrected chi connectivity index (χ1v) is 12.6. The van der Waals surface area contributed by atoms with Gasteiger partial charge in [0.05, 0.1) is 17.7 Å². The number of nitrogens with zero attached hydrogens (tertiary/aromatic N) is 3. The van der Waals surface area contributed by atoms with Crippen molar-refractivity contribution in [1.29, 1.82) is 5.26 Å². The van der Waals surface area contributed by atoms with Crippen LogP contribution in [0.3, 0.4) is 0 Å². The predicted molar refractivity (Wildman–Crippen MR) is 120 cm³/mol. The number of rotatable bonds is 4. The number of hydrogen-bond donors (Lipinski definition) is 1. The molecule has 3 fully saturated rings. The zero-order valence-corrected chi connectivity index (χ0v) is 20.4. The van der Waals surface area contributed by atoms with Crippen molar-refractivity contribution >= 4 is 29.5 Å². The van der Waals surface area contributed by atoms with Gasteiger partial charge in [-0.05, 0) is 55.9 Å². The van der Waals surface area contributed by atoms with E-state index in [-0.39, 0.29) is 36.2 Å². The van der Waals surface area contributed by atoms with E-state index in [0.29, 0.717) is 24.6 Å². The summed E-state index contributed by atoms with van der Waals surface area (Å²) >= 11 is 0.698. The van der Waals surface area contributed by atoms with E-state index in [9.17, 15) is 46.0 Å². The highest BCUT2D eigenvalue weighted by Gasteiger charge is 2.51. The minimum atomic E-state index is -5.28. The Morgan fingerprint density at radius 2 is 1.61 bits per heavy atom. The fourth-order valence-electron chi connectivity index (χ4n) is 5.26. The lowest BCUT2D eigenvalue weighted by Gasteiger charge is -2.41. The van der Waals surface area contributed by atoms with Gasteiger partial charge in [-0.3, -0.25) is 14.5 Å². The number of amides is 2. The summed E-state index contributed by atoms with van der Waals surface area (Å²) in [5.41, 5.74) is 3.78. The quantitative estimate of drug-likeness (QED) is 0.441. The molecule has 5 atom stereocenters. The van der Waals surface area contributed by atoms with Crippen LogP contribution in [0.1, 0.15) is 41.6 Å². The number of piperidine rings is 1. The number of carbonyl (C=O) groups is 3. The number of ether oxygens (including phenoxy) is 1. The number of esters is 1. The minimum Gasteiger partial charge on any atom is -0.425 e. The topological polar surface area (TPSA) is 117 Å². The van der Waals surface area contributed by atoms with Crippen molar-refractivity contribution in [3.8, 4) is 6.07 Å². The highest BCUT2D eigenvalue weighted by molar-refractivity contribution is 8.00. The summed E-state index contributed by atoms with van der Waals surface area (Å²) in [6.45, 7) is 0. The van der Waals surface area contributed by atoms with Crippen LogP contribution in [0.15, 0.2) is 24.3 Å². The molecule has 0 spiro atoms. The zero-order chi connectivity index (χ0) is 28.0. The first-order valence-electron chi connectivity index (χ1n) is 11.6. The van der Waals surface area contributed by atoms with Gasteiger partial charge in [-0.2, -0.15) is 31.6 Å². The molecule has 0 saturated carbocycles. The SMILES string of the molecule is N#C[C@H]1CSC(OC(=O)C(F)(F)F)N1C(=O)[C@@H](N)C1CC2CCC(C1)N2C(=O)c1ccc(C(F)(F)F)cc1. The van der Waals surface area contributed by atoms with E-state index in [2.05, 4.69) is 4.74 Å². The molecule has 3 heterocycles. The molecule has 0 aromatic heterocycles. The van der Waals surface area contributed by atoms with Crippen molar-refractivity contribution < 1.29 is 45.5 Å². The van der Waals surface area contributed by atoms with Gasteiger partial charge in [0.2, 0.25) is 11.5 Å². The molecule has 4 rings (SSSR count). The van der Waals surface area contributed by atoms with Gasteiger partial charge in [-0.1, -0.05) is 11.8 Å². The maximum atomic E-state index is 13.2. The Hall–Kier alpha value is -2.99. The normalized spacial score (nSPS) is 28.1. The van der Waals surface area contributed by atoms with Crippen molar-refractivity contribution in [2.45, 2.75) is 67.8 Å². The third-order valence-corrected chi connectivity index (χ3v) is 8.18. The average Bonchev–Trinajstić information content (AvgIpc) is 3.38. The summed E-state index contributed by atoms with van der Waals surface area (Å²) < 4.78 is 81.1. The number of nitriles is 1. The van der Waals surface area contributed by atoms with Gasteiger partial charge in [0, 0.05) is 23.4 Å². The lowest BCUT2D eigenvalue weighted by molar-refractivity contribution is -0.206. The number of halogens is 6. The van der Waals surface area contributed by atoms with Crippen LogP contribution in [0, 0.1) is 17.2 Å². The lowest BCUT2D eigenvalue weighted by Crippen LogP contribution is -2.56. The molecule has 206 valence electrons. The first kappa shape index (κ1) is 28.0. The second kappa shape index (κ2) is 10.3. The standard InChI is InChI=1S/C23H22F6N4O4S/c24-22(25,26)13-3-1-11(2-4-13)18(34)32-14-5-6-15(32)8-12(7-14)17(31)19(35)33-16(9-30)10-38-21(33)37-20(36)23(27,28)29/h1-4,12,14-17,21H,5-8,10,31H2/t12?,14?,15?,16-,17-,21?/m0/s1. The van der Waals surface area contributed by atoms with Crippen LogP contribution in [-0.2, 0) is 20.5 Å². The molecule has 2 amide bonds. The Balaban J connectivity index is 1.45. The lowest BCUT2D eigenvalue weighted by atomic mass is 9.84. The Bertz CT molecular complexity index is 1120. The first-order chi connectivity index (χ1) is 17.7. The van der Waals surface area contributed by atoms with Crippen LogP contribution in [0.2, 0.25) is 0 Å². The van der Waals surface area contributed by atoms with Gasteiger partial charge >= 0.3 is 18.3 Å². The van der Waals surface area contributed by atoms with Crippen molar-refractivity contribution in [3.05, 3.63) is 35.4 Å². The maximum absolute atomic E-state index is 13.2. The van der Waals surface area contributed by atoms with E-state index in [1.807, 2.05) is 6.07 Å². The monoisotopic (exact) mass is 564 g/mol. The Labute approximate surface area is 217 Å². The molecular formula is C23H22F6N4O4S. The highest BCUT2D eigenvalue weighted by Crippen LogP contribution is 2.42. The number of nitrogens with two attached hydrogens (primary N) is 1. The Kier molecular flexibility index (Phi) is 7.59. The zero-order valence-electron chi connectivity index (χ0n) is 19.5. The largest absolute Gasteiger partial charge is 0.491 e. The Morgan fingerprint density at radius 3 is 2.11 bits per heavy atom. The van der Waals surface area contributed by atoms with Crippen molar-refractivity contribution in [2.75, 3.05) is 5.75 Å². The number of alkyl halides is 6. The van der Waals surface area contributed by atoms with E-state index in [1.165, 1.54) is 0 Å².